The predicted molar refractivity (Wildman–Crippen MR) is 66.9 cm³/mol. The molecule has 1 aromatic rings. The molecule has 22 heavy (non-hydrogen) atoms. The second-order valence-electron chi connectivity index (χ2n) is 4.20. The lowest BCUT2D eigenvalue weighted by atomic mass is 10.2. The zero-order valence-corrected chi connectivity index (χ0v) is 11.1. The van der Waals surface area contributed by atoms with Crippen LogP contribution in [0.3, 0.4) is 0 Å². The SMILES string of the molecule is N#Cc1ccc(OCC(=O)NC(CC(F)(F)F)C(=O)O)cc1. The minimum Gasteiger partial charge on any atom is -0.484 e. The number of carboxylic acid groups (broad SMARTS) is 1. The van der Waals surface area contributed by atoms with Crippen molar-refractivity contribution in [2.75, 3.05) is 6.61 Å². The summed E-state index contributed by atoms with van der Waals surface area (Å²) in [4.78, 5) is 22.1. The van der Waals surface area contributed by atoms with Gasteiger partial charge in [-0.25, -0.2) is 4.79 Å². The Morgan fingerprint density at radius 1 is 1.32 bits per heavy atom. The molecule has 1 aromatic carbocycles. The van der Waals surface area contributed by atoms with Gasteiger partial charge in [-0.15, -0.1) is 0 Å². The minimum absolute atomic E-state index is 0.219. The third kappa shape index (κ3) is 6.13. The number of nitrogens with one attached hydrogen (secondary N) is 1. The molecule has 1 unspecified atom stereocenters. The molecule has 118 valence electrons. The van der Waals surface area contributed by atoms with Crippen LogP contribution in [-0.2, 0) is 9.59 Å². The van der Waals surface area contributed by atoms with E-state index in [1.807, 2.05) is 6.07 Å². The first-order valence-electron chi connectivity index (χ1n) is 5.93. The summed E-state index contributed by atoms with van der Waals surface area (Å²) in [6, 6.07) is 5.45. The van der Waals surface area contributed by atoms with Crippen molar-refractivity contribution in [3.8, 4) is 11.8 Å². The van der Waals surface area contributed by atoms with Gasteiger partial charge in [-0.3, -0.25) is 4.79 Å². The summed E-state index contributed by atoms with van der Waals surface area (Å²) < 4.78 is 41.5. The predicted octanol–water partition coefficient (Wildman–Crippen LogP) is 1.46. The minimum atomic E-state index is -4.72. The Morgan fingerprint density at radius 2 is 1.91 bits per heavy atom. The topological polar surface area (TPSA) is 99.4 Å². The third-order valence-electron chi connectivity index (χ3n) is 2.42. The van der Waals surface area contributed by atoms with E-state index in [9.17, 15) is 22.8 Å². The van der Waals surface area contributed by atoms with Gasteiger partial charge in [0.1, 0.15) is 11.8 Å². The fraction of sp³-hybridized carbons (Fsp3) is 0.308. The molecule has 0 heterocycles. The highest BCUT2D eigenvalue weighted by atomic mass is 19.4. The molecule has 0 fully saturated rings. The fourth-order valence-corrected chi connectivity index (χ4v) is 1.44. The van der Waals surface area contributed by atoms with Gasteiger partial charge in [0.25, 0.3) is 5.91 Å². The number of benzene rings is 1. The third-order valence-corrected chi connectivity index (χ3v) is 2.42. The van der Waals surface area contributed by atoms with Crippen molar-refractivity contribution < 1.29 is 32.6 Å². The molecule has 0 aliphatic rings. The van der Waals surface area contributed by atoms with Crippen LogP contribution in [0.1, 0.15) is 12.0 Å². The largest absolute Gasteiger partial charge is 0.484 e. The summed E-state index contributed by atoms with van der Waals surface area (Å²) in [5.74, 6) is -2.57. The number of nitrogens with zero attached hydrogens (tertiary/aromatic N) is 1. The first kappa shape index (κ1) is 17.3. The molecule has 0 spiro atoms. The van der Waals surface area contributed by atoms with E-state index in [2.05, 4.69) is 0 Å². The molecule has 0 radical (unpaired) electrons. The van der Waals surface area contributed by atoms with Crippen molar-refractivity contribution in [3.63, 3.8) is 0 Å². The summed E-state index contributed by atoms with van der Waals surface area (Å²) in [5, 5.41) is 19.0. The van der Waals surface area contributed by atoms with Crippen molar-refractivity contribution >= 4 is 11.9 Å². The Kier molecular flexibility index (Phi) is 5.74. The van der Waals surface area contributed by atoms with Crippen molar-refractivity contribution in [2.45, 2.75) is 18.6 Å². The second kappa shape index (κ2) is 7.31. The van der Waals surface area contributed by atoms with Crippen molar-refractivity contribution in [3.05, 3.63) is 29.8 Å². The van der Waals surface area contributed by atoms with Gasteiger partial charge in [0.05, 0.1) is 18.1 Å². The summed E-state index contributed by atoms with van der Waals surface area (Å²) in [5.41, 5.74) is 0.368. The Labute approximate surface area is 123 Å². The monoisotopic (exact) mass is 316 g/mol. The molecule has 1 atom stereocenters. The smallest absolute Gasteiger partial charge is 0.391 e. The number of amides is 1. The van der Waals surface area contributed by atoms with Crippen molar-refractivity contribution in [2.24, 2.45) is 0 Å². The average Bonchev–Trinajstić information content (AvgIpc) is 2.43. The van der Waals surface area contributed by atoms with Crippen molar-refractivity contribution in [1.29, 1.82) is 5.26 Å². The first-order valence-corrected chi connectivity index (χ1v) is 5.93. The second-order valence-corrected chi connectivity index (χ2v) is 4.20. The van der Waals surface area contributed by atoms with Crippen LogP contribution in [0.5, 0.6) is 5.75 Å². The van der Waals surface area contributed by atoms with Crippen molar-refractivity contribution in [1.82, 2.24) is 5.32 Å². The summed E-state index contributed by atoms with van der Waals surface area (Å²) in [6.07, 6.45) is -6.39. The van der Waals surface area contributed by atoms with E-state index in [4.69, 9.17) is 15.1 Å². The first-order chi connectivity index (χ1) is 10.2. The van der Waals surface area contributed by atoms with Crippen LogP contribution in [0.4, 0.5) is 13.2 Å². The number of halogens is 3. The molecule has 0 aromatic heterocycles. The molecule has 6 nitrogen and oxygen atoms in total. The number of nitriles is 1. The van der Waals surface area contributed by atoms with E-state index in [0.29, 0.717) is 5.56 Å². The maximum absolute atomic E-state index is 12.2. The Bertz CT molecular complexity index is 578. The lowest BCUT2D eigenvalue weighted by Gasteiger charge is -2.16. The van der Waals surface area contributed by atoms with Gasteiger partial charge in [0, 0.05) is 0 Å². The molecule has 9 heteroatoms. The van der Waals surface area contributed by atoms with Gasteiger partial charge in [0.15, 0.2) is 6.61 Å². The van der Waals surface area contributed by atoms with E-state index in [-0.39, 0.29) is 5.75 Å². The maximum atomic E-state index is 12.2. The van der Waals surface area contributed by atoms with Gasteiger partial charge in [-0.05, 0) is 24.3 Å². The van der Waals surface area contributed by atoms with Crippen LogP contribution in [0, 0.1) is 11.3 Å². The van der Waals surface area contributed by atoms with Gasteiger partial charge < -0.3 is 15.2 Å². The van der Waals surface area contributed by atoms with Crippen LogP contribution < -0.4 is 10.1 Å². The molecule has 0 aliphatic carbocycles. The number of aliphatic carboxylic acids is 1. The molecule has 0 saturated carbocycles. The van der Waals surface area contributed by atoms with E-state index < -0.39 is 37.1 Å². The van der Waals surface area contributed by atoms with Gasteiger partial charge in [0.2, 0.25) is 0 Å². The Morgan fingerprint density at radius 3 is 2.36 bits per heavy atom. The lowest BCUT2D eigenvalue weighted by molar-refractivity contribution is -0.160. The average molecular weight is 316 g/mol. The molecule has 0 saturated heterocycles. The maximum Gasteiger partial charge on any atom is 0.391 e. The van der Waals surface area contributed by atoms with Crippen LogP contribution in [0.15, 0.2) is 24.3 Å². The standard InChI is InChI=1S/C13H11F3N2O4/c14-13(15,16)5-10(12(20)21)18-11(19)7-22-9-3-1-8(6-17)2-4-9/h1-4,10H,5,7H2,(H,18,19)(H,20,21). The van der Waals surface area contributed by atoms with E-state index in [0.717, 1.165) is 0 Å². The highest BCUT2D eigenvalue weighted by molar-refractivity contribution is 5.84. The summed E-state index contributed by atoms with van der Waals surface area (Å²) in [6.45, 7) is -0.645. The zero-order valence-electron chi connectivity index (χ0n) is 11.1. The van der Waals surface area contributed by atoms with E-state index >= 15 is 0 Å². The number of ether oxygens (including phenoxy) is 1. The van der Waals surface area contributed by atoms with Gasteiger partial charge in [-0.2, -0.15) is 18.4 Å². The quantitative estimate of drug-likeness (QED) is 0.827. The summed E-state index contributed by atoms with van der Waals surface area (Å²) >= 11 is 0. The number of rotatable bonds is 6. The Hall–Kier alpha value is -2.76. The number of carbonyl (C=O) groups excluding carboxylic acids is 1. The number of carboxylic acids is 1. The number of hydrogen-bond acceptors (Lipinski definition) is 4. The lowest BCUT2D eigenvalue weighted by Crippen LogP contribution is -2.45. The highest BCUT2D eigenvalue weighted by Gasteiger charge is 2.36. The molecular formula is C13H11F3N2O4. The number of alkyl halides is 3. The summed E-state index contributed by atoms with van der Waals surface area (Å²) in [7, 11) is 0. The highest BCUT2D eigenvalue weighted by Crippen LogP contribution is 2.21. The van der Waals surface area contributed by atoms with Crippen LogP contribution in [0.2, 0.25) is 0 Å². The van der Waals surface area contributed by atoms with Gasteiger partial charge >= 0.3 is 12.1 Å². The van der Waals surface area contributed by atoms with Crippen LogP contribution in [-0.4, -0.2) is 35.8 Å². The normalized spacial score (nSPS) is 12.1. The van der Waals surface area contributed by atoms with E-state index in [1.54, 1.807) is 5.32 Å². The molecular weight excluding hydrogens is 305 g/mol. The Balaban J connectivity index is 2.53. The van der Waals surface area contributed by atoms with E-state index in [1.165, 1.54) is 24.3 Å². The fourth-order valence-electron chi connectivity index (χ4n) is 1.44. The van der Waals surface area contributed by atoms with Crippen LogP contribution >= 0.6 is 0 Å². The molecule has 1 rings (SSSR count). The zero-order chi connectivity index (χ0) is 16.8. The molecule has 0 aliphatic heterocycles. The van der Waals surface area contributed by atoms with Crippen LogP contribution in [0.25, 0.3) is 0 Å². The number of carbonyl (C=O) groups is 2. The number of hydrogen-bond donors (Lipinski definition) is 2. The van der Waals surface area contributed by atoms with Gasteiger partial charge in [-0.1, -0.05) is 0 Å². The molecule has 1 amide bonds. The molecule has 2 N–H and O–H groups in total. The molecule has 0 bridgehead atoms.